The van der Waals surface area contributed by atoms with E-state index < -0.39 is 0 Å². The number of carbonyl (C=O) groups is 1. The van der Waals surface area contributed by atoms with Gasteiger partial charge in [0.25, 0.3) is 0 Å². The Hall–Kier alpha value is -1.35. The maximum atomic E-state index is 11.9. The maximum absolute atomic E-state index is 11.9. The molecular weight excluding hydrogens is 226 g/mol. The third kappa shape index (κ3) is 2.15. The van der Waals surface area contributed by atoms with E-state index in [0.29, 0.717) is 12.6 Å². The van der Waals surface area contributed by atoms with Crippen LogP contribution in [0.4, 0.5) is 0 Å². The second-order valence-corrected chi connectivity index (χ2v) is 5.22. The van der Waals surface area contributed by atoms with Crippen molar-refractivity contribution in [3.8, 4) is 0 Å². The number of nitrogens with zero attached hydrogens (tertiary/aromatic N) is 1. The summed E-state index contributed by atoms with van der Waals surface area (Å²) in [7, 11) is 0. The van der Waals surface area contributed by atoms with Gasteiger partial charge in [-0.05, 0) is 31.2 Å². The SMILES string of the molecule is CCOC(=O)C1CC2CC2N1Cc1ccccc1. The van der Waals surface area contributed by atoms with Crippen molar-refractivity contribution in [2.45, 2.75) is 38.4 Å². The van der Waals surface area contributed by atoms with Crippen LogP contribution in [0.2, 0.25) is 0 Å². The van der Waals surface area contributed by atoms with Gasteiger partial charge in [-0.3, -0.25) is 9.69 Å². The van der Waals surface area contributed by atoms with Crippen LogP contribution in [0.3, 0.4) is 0 Å². The molecule has 3 unspecified atom stereocenters. The molecule has 1 aromatic carbocycles. The third-order valence-electron chi connectivity index (χ3n) is 4.00. The Bertz CT molecular complexity index is 431. The van der Waals surface area contributed by atoms with Crippen molar-refractivity contribution in [3.05, 3.63) is 35.9 Å². The lowest BCUT2D eigenvalue weighted by Gasteiger charge is -2.25. The van der Waals surface area contributed by atoms with Crippen LogP contribution in [-0.2, 0) is 16.1 Å². The Labute approximate surface area is 108 Å². The van der Waals surface area contributed by atoms with Gasteiger partial charge in [0.15, 0.2) is 0 Å². The van der Waals surface area contributed by atoms with E-state index in [4.69, 9.17) is 4.74 Å². The maximum Gasteiger partial charge on any atom is 0.323 e. The molecule has 0 amide bonds. The zero-order valence-corrected chi connectivity index (χ0v) is 10.7. The number of likely N-dealkylation sites (tertiary alicyclic amines) is 1. The minimum absolute atomic E-state index is 0.0195. The lowest BCUT2D eigenvalue weighted by Crippen LogP contribution is -2.39. The van der Waals surface area contributed by atoms with Gasteiger partial charge in [-0.2, -0.15) is 0 Å². The summed E-state index contributed by atoms with van der Waals surface area (Å²) in [6, 6.07) is 11.0. The summed E-state index contributed by atoms with van der Waals surface area (Å²) in [5, 5.41) is 0. The van der Waals surface area contributed by atoms with Crippen LogP contribution >= 0.6 is 0 Å². The number of hydrogen-bond donors (Lipinski definition) is 0. The van der Waals surface area contributed by atoms with Crippen LogP contribution in [0, 0.1) is 5.92 Å². The molecule has 1 saturated heterocycles. The van der Waals surface area contributed by atoms with Crippen LogP contribution in [0.15, 0.2) is 30.3 Å². The molecule has 0 bridgehead atoms. The number of piperidine rings is 1. The molecular formula is C15H19NO2. The molecule has 3 heteroatoms. The van der Waals surface area contributed by atoms with Crippen LogP contribution < -0.4 is 0 Å². The van der Waals surface area contributed by atoms with Gasteiger partial charge in [0.05, 0.1) is 6.61 Å². The van der Waals surface area contributed by atoms with E-state index in [0.717, 1.165) is 18.9 Å². The number of carbonyl (C=O) groups excluding carboxylic acids is 1. The van der Waals surface area contributed by atoms with Gasteiger partial charge in [0.1, 0.15) is 6.04 Å². The molecule has 96 valence electrons. The van der Waals surface area contributed by atoms with Gasteiger partial charge in [0.2, 0.25) is 0 Å². The lowest BCUT2D eigenvalue weighted by molar-refractivity contribution is -0.149. The number of fused-ring (bicyclic) bond motifs is 1. The summed E-state index contributed by atoms with van der Waals surface area (Å²) < 4.78 is 5.18. The standard InChI is InChI=1S/C15H19NO2/c1-2-18-15(17)14-9-12-8-13(12)16(14)10-11-6-4-3-5-7-11/h3-7,12-14H,2,8-10H2,1H3. The number of esters is 1. The fraction of sp³-hybridized carbons (Fsp3) is 0.533. The van der Waals surface area contributed by atoms with E-state index >= 15 is 0 Å². The number of hydrogen-bond acceptors (Lipinski definition) is 3. The highest BCUT2D eigenvalue weighted by Gasteiger charge is 2.54. The lowest BCUT2D eigenvalue weighted by atomic mass is 10.1. The van der Waals surface area contributed by atoms with Crippen molar-refractivity contribution in [2.24, 2.45) is 5.92 Å². The van der Waals surface area contributed by atoms with Crippen LogP contribution in [0.1, 0.15) is 25.3 Å². The molecule has 1 aromatic rings. The van der Waals surface area contributed by atoms with E-state index in [2.05, 4.69) is 29.2 Å². The Kier molecular flexibility index (Phi) is 3.08. The molecule has 1 saturated carbocycles. The predicted molar refractivity (Wildman–Crippen MR) is 68.9 cm³/mol. The quantitative estimate of drug-likeness (QED) is 0.762. The zero-order chi connectivity index (χ0) is 12.5. The third-order valence-corrected chi connectivity index (χ3v) is 4.00. The van der Waals surface area contributed by atoms with Gasteiger partial charge in [0, 0.05) is 12.6 Å². The first kappa shape index (κ1) is 11.7. The minimum atomic E-state index is -0.0411. The summed E-state index contributed by atoms with van der Waals surface area (Å²) in [5.74, 6) is 0.684. The van der Waals surface area contributed by atoms with Gasteiger partial charge >= 0.3 is 5.97 Å². The van der Waals surface area contributed by atoms with E-state index in [-0.39, 0.29) is 12.0 Å². The van der Waals surface area contributed by atoms with E-state index in [1.165, 1.54) is 12.0 Å². The summed E-state index contributed by atoms with van der Waals surface area (Å²) in [5.41, 5.74) is 1.28. The Morgan fingerprint density at radius 1 is 1.33 bits per heavy atom. The first-order valence-corrected chi connectivity index (χ1v) is 6.76. The number of rotatable bonds is 4. The van der Waals surface area contributed by atoms with Crippen molar-refractivity contribution in [1.29, 1.82) is 0 Å². The summed E-state index contributed by atoms with van der Waals surface area (Å²) >= 11 is 0. The van der Waals surface area contributed by atoms with E-state index in [1.807, 2.05) is 13.0 Å². The molecule has 3 rings (SSSR count). The molecule has 2 aliphatic rings. The monoisotopic (exact) mass is 245 g/mol. The normalized spacial score (nSPS) is 29.9. The molecule has 18 heavy (non-hydrogen) atoms. The molecule has 0 N–H and O–H groups in total. The van der Waals surface area contributed by atoms with Gasteiger partial charge < -0.3 is 4.74 Å². The van der Waals surface area contributed by atoms with Crippen LogP contribution in [0.25, 0.3) is 0 Å². The number of benzene rings is 1. The van der Waals surface area contributed by atoms with Crippen molar-refractivity contribution in [3.63, 3.8) is 0 Å². The van der Waals surface area contributed by atoms with Gasteiger partial charge in [-0.15, -0.1) is 0 Å². The van der Waals surface area contributed by atoms with E-state index in [1.54, 1.807) is 0 Å². The molecule has 1 heterocycles. The highest BCUT2D eigenvalue weighted by atomic mass is 16.5. The van der Waals surface area contributed by atoms with Crippen LogP contribution in [0.5, 0.6) is 0 Å². The smallest absolute Gasteiger partial charge is 0.323 e. The molecule has 3 nitrogen and oxygen atoms in total. The van der Waals surface area contributed by atoms with Gasteiger partial charge in [-0.25, -0.2) is 0 Å². The Morgan fingerprint density at radius 3 is 2.83 bits per heavy atom. The average molecular weight is 245 g/mol. The molecule has 1 aliphatic carbocycles. The fourth-order valence-corrected chi connectivity index (χ4v) is 3.04. The van der Waals surface area contributed by atoms with E-state index in [9.17, 15) is 4.79 Å². The number of ether oxygens (including phenoxy) is 1. The highest BCUT2D eigenvalue weighted by Crippen LogP contribution is 2.48. The predicted octanol–water partition coefficient (Wildman–Crippen LogP) is 2.21. The molecule has 2 fully saturated rings. The molecule has 0 spiro atoms. The summed E-state index contributed by atoms with van der Waals surface area (Å²) in [6.45, 7) is 3.21. The summed E-state index contributed by atoms with van der Waals surface area (Å²) in [6.07, 6.45) is 2.24. The Balaban J connectivity index is 1.71. The topological polar surface area (TPSA) is 29.5 Å². The van der Waals surface area contributed by atoms with Crippen molar-refractivity contribution in [2.75, 3.05) is 6.61 Å². The second-order valence-electron chi connectivity index (χ2n) is 5.22. The minimum Gasteiger partial charge on any atom is -0.465 e. The first-order chi connectivity index (χ1) is 8.79. The summed E-state index contributed by atoms with van der Waals surface area (Å²) in [4.78, 5) is 14.3. The molecule has 0 aromatic heterocycles. The van der Waals surface area contributed by atoms with Crippen LogP contribution in [-0.4, -0.2) is 29.6 Å². The largest absolute Gasteiger partial charge is 0.465 e. The highest BCUT2D eigenvalue weighted by molar-refractivity contribution is 5.76. The van der Waals surface area contributed by atoms with Crippen molar-refractivity contribution >= 4 is 5.97 Å². The van der Waals surface area contributed by atoms with Gasteiger partial charge in [-0.1, -0.05) is 30.3 Å². The molecule has 1 aliphatic heterocycles. The fourth-order valence-electron chi connectivity index (χ4n) is 3.04. The first-order valence-electron chi connectivity index (χ1n) is 6.76. The Morgan fingerprint density at radius 2 is 2.11 bits per heavy atom. The van der Waals surface area contributed by atoms with Crippen molar-refractivity contribution in [1.82, 2.24) is 4.90 Å². The molecule has 3 atom stereocenters. The molecule has 0 radical (unpaired) electrons. The average Bonchev–Trinajstić information content (AvgIpc) is 3.07. The zero-order valence-electron chi connectivity index (χ0n) is 10.7. The van der Waals surface area contributed by atoms with Crippen molar-refractivity contribution < 1.29 is 9.53 Å². The second kappa shape index (κ2) is 4.73.